The second-order valence-electron chi connectivity index (χ2n) is 2.71. The van der Waals surface area contributed by atoms with Gasteiger partial charge in [-0.2, -0.15) is 0 Å². The molecule has 0 radical (unpaired) electrons. The molecule has 5 heteroatoms. The third kappa shape index (κ3) is 2.80. The minimum absolute atomic E-state index is 0.340. The number of hydrogen-bond acceptors (Lipinski definition) is 2. The summed E-state index contributed by atoms with van der Waals surface area (Å²) in [7, 11) is 0. The van der Waals surface area contributed by atoms with Gasteiger partial charge in [-0.25, -0.2) is 0 Å². The highest BCUT2D eigenvalue weighted by Gasteiger charge is 2.14. The molecule has 2 N–H and O–H groups in total. The van der Waals surface area contributed by atoms with Crippen molar-refractivity contribution in [2.45, 2.75) is 17.1 Å². The number of halogens is 2. The topological polar surface area (TPSA) is 43.1 Å². The molecule has 2 nitrogen and oxygen atoms in total. The zero-order valence-corrected chi connectivity index (χ0v) is 9.79. The van der Waals surface area contributed by atoms with E-state index in [4.69, 9.17) is 28.9 Å². The first-order valence-electron chi connectivity index (χ1n) is 3.92. The lowest BCUT2D eigenvalue weighted by Gasteiger charge is -2.09. The molecule has 0 heterocycles. The SMILES string of the molecule is C[C@H](Sc1c(Cl)cccc1Cl)C(N)=O. The molecule has 1 aromatic carbocycles. The van der Waals surface area contributed by atoms with Crippen molar-refractivity contribution in [2.24, 2.45) is 5.73 Å². The van der Waals surface area contributed by atoms with E-state index in [0.717, 1.165) is 0 Å². The second-order valence-corrected chi connectivity index (χ2v) is 4.88. The molecule has 0 aliphatic carbocycles. The Labute approximate surface area is 96.8 Å². The van der Waals surface area contributed by atoms with Crippen LogP contribution < -0.4 is 5.73 Å². The number of benzene rings is 1. The van der Waals surface area contributed by atoms with Gasteiger partial charge in [0.25, 0.3) is 0 Å². The van der Waals surface area contributed by atoms with E-state index in [-0.39, 0.29) is 11.2 Å². The first-order valence-corrected chi connectivity index (χ1v) is 5.56. The summed E-state index contributed by atoms with van der Waals surface area (Å²) in [6.07, 6.45) is 0. The minimum atomic E-state index is -0.383. The molecule has 14 heavy (non-hydrogen) atoms. The summed E-state index contributed by atoms with van der Waals surface area (Å²) in [4.78, 5) is 11.5. The molecule has 0 saturated carbocycles. The molecule has 0 spiro atoms. The Bertz CT molecular complexity index is 336. The van der Waals surface area contributed by atoms with Crippen molar-refractivity contribution < 1.29 is 4.79 Å². The molecule has 1 aromatic rings. The van der Waals surface area contributed by atoms with Gasteiger partial charge >= 0.3 is 0 Å². The molecule has 1 rings (SSSR count). The Morgan fingerprint density at radius 1 is 1.43 bits per heavy atom. The molecule has 1 atom stereocenters. The smallest absolute Gasteiger partial charge is 0.230 e. The summed E-state index contributed by atoms with van der Waals surface area (Å²) in [5, 5.41) is 0.735. The predicted octanol–water partition coefficient (Wildman–Crippen LogP) is 2.96. The molecule has 76 valence electrons. The summed E-state index contributed by atoms with van der Waals surface area (Å²) in [6, 6.07) is 5.20. The van der Waals surface area contributed by atoms with E-state index in [2.05, 4.69) is 0 Å². The van der Waals surface area contributed by atoms with Crippen LogP contribution >= 0.6 is 35.0 Å². The quantitative estimate of drug-likeness (QED) is 0.838. The fourth-order valence-corrected chi connectivity index (χ4v) is 2.33. The average molecular weight is 250 g/mol. The highest BCUT2D eigenvalue weighted by molar-refractivity contribution is 8.00. The molecular formula is C9H9Cl2NOS. The lowest BCUT2D eigenvalue weighted by atomic mass is 10.4. The third-order valence-corrected chi connectivity index (χ3v) is 3.73. The molecule has 0 aliphatic rings. The van der Waals surface area contributed by atoms with E-state index in [1.807, 2.05) is 0 Å². The van der Waals surface area contributed by atoms with Crippen molar-refractivity contribution in [1.82, 2.24) is 0 Å². The maximum Gasteiger partial charge on any atom is 0.230 e. The van der Waals surface area contributed by atoms with Crippen LogP contribution in [0.5, 0.6) is 0 Å². The van der Waals surface area contributed by atoms with E-state index in [1.54, 1.807) is 25.1 Å². The van der Waals surface area contributed by atoms with Gasteiger partial charge in [-0.1, -0.05) is 29.3 Å². The van der Waals surface area contributed by atoms with Crippen LogP contribution in [0.3, 0.4) is 0 Å². The largest absolute Gasteiger partial charge is 0.369 e. The van der Waals surface area contributed by atoms with E-state index in [0.29, 0.717) is 14.9 Å². The normalized spacial score (nSPS) is 12.5. The summed E-state index contributed by atoms with van der Waals surface area (Å²) in [6.45, 7) is 1.71. The van der Waals surface area contributed by atoms with Crippen LogP contribution in [0.2, 0.25) is 10.0 Å². The minimum Gasteiger partial charge on any atom is -0.369 e. The standard InChI is InChI=1S/C9H9Cl2NOS/c1-5(9(12)13)14-8-6(10)3-2-4-7(8)11/h2-5H,1H3,(H2,12,13)/t5-/m0/s1. The lowest BCUT2D eigenvalue weighted by Crippen LogP contribution is -2.22. The predicted molar refractivity (Wildman–Crippen MR) is 61.0 cm³/mol. The number of nitrogens with two attached hydrogens (primary N) is 1. The first-order chi connectivity index (χ1) is 6.52. The molecule has 0 aliphatic heterocycles. The summed E-state index contributed by atoms with van der Waals surface area (Å²) < 4.78 is 0. The molecule has 0 fully saturated rings. The van der Waals surface area contributed by atoms with E-state index in [9.17, 15) is 4.79 Å². The summed E-state index contributed by atoms with van der Waals surface area (Å²) >= 11 is 13.1. The monoisotopic (exact) mass is 249 g/mol. The summed E-state index contributed by atoms with van der Waals surface area (Å²) in [5.74, 6) is -0.383. The number of carbonyl (C=O) groups is 1. The zero-order valence-electron chi connectivity index (χ0n) is 7.46. The second kappa shape index (κ2) is 4.91. The van der Waals surface area contributed by atoms with Crippen molar-refractivity contribution in [3.63, 3.8) is 0 Å². The van der Waals surface area contributed by atoms with Gasteiger partial charge < -0.3 is 5.73 Å². The molecular weight excluding hydrogens is 241 g/mol. The van der Waals surface area contributed by atoms with E-state index in [1.165, 1.54) is 11.8 Å². The third-order valence-electron chi connectivity index (χ3n) is 1.61. The Hall–Kier alpha value is -0.380. The molecule has 1 amide bonds. The number of rotatable bonds is 3. The van der Waals surface area contributed by atoms with Gasteiger partial charge in [0.1, 0.15) is 0 Å². The molecule has 0 bridgehead atoms. The van der Waals surface area contributed by atoms with Crippen molar-refractivity contribution in [2.75, 3.05) is 0 Å². The fraction of sp³-hybridized carbons (Fsp3) is 0.222. The van der Waals surface area contributed by atoms with Crippen LogP contribution in [0.25, 0.3) is 0 Å². The highest BCUT2D eigenvalue weighted by atomic mass is 35.5. The van der Waals surface area contributed by atoms with Crippen molar-refractivity contribution in [1.29, 1.82) is 0 Å². The average Bonchev–Trinajstić information content (AvgIpc) is 2.11. The number of hydrogen-bond donors (Lipinski definition) is 1. The highest BCUT2D eigenvalue weighted by Crippen LogP contribution is 2.35. The van der Waals surface area contributed by atoms with Gasteiger partial charge in [0.05, 0.1) is 15.3 Å². The van der Waals surface area contributed by atoms with Gasteiger partial charge in [0.15, 0.2) is 0 Å². The summed E-state index contributed by atoms with van der Waals surface area (Å²) in [5.41, 5.74) is 5.14. The van der Waals surface area contributed by atoms with Gasteiger partial charge in [0, 0.05) is 4.90 Å². The van der Waals surface area contributed by atoms with Crippen LogP contribution in [-0.2, 0) is 4.79 Å². The van der Waals surface area contributed by atoms with Crippen molar-refractivity contribution in [3.8, 4) is 0 Å². The van der Waals surface area contributed by atoms with Crippen LogP contribution in [0, 0.1) is 0 Å². The maximum atomic E-state index is 10.8. The Kier molecular flexibility index (Phi) is 4.11. The van der Waals surface area contributed by atoms with Crippen LogP contribution in [0.1, 0.15) is 6.92 Å². The van der Waals surface area contributed by atoms with Gasteiger partial charge in [-0.3, -0.25) is 4.79 Å². The van der Waals surface area contributed by atoms with Crippen LogP contribution in [-0.4, -0.2) is 11.2 Å². The Morgan fingerprint density at radius 3 is 2.36 bits per heavy atom. The Balaban J connectivity index is 2.91. The van der Waals surface area contributed by atoms with Crippen molar-refractivity contribution in [3.05, 3.63) is 28.2 Å². The number of thioether (sulfide) groups is 1. The van der Waals surface area contributed by atoms with Crippen LogP contribution in [0.4, 0.5) is 0 Å². The number of carbonyl (C=O) groups excluding carboxylic acids is 1. The number of amides is 1. The van der Waals surface area contributed by atoms with E-state index < -0.39 is 0 Å². The number of primary amides is 1. The maximum absolute atomic E-state index is 10.8. The zero-order chi connectivity index (χ0) is 10.7. The van der Waals surface area contributed by atoms with Gasteiger partial charge in [-0.05, 0) is 19.1 Å². The fourth-order valence-electron chi connectivity index (χ4n) is 0.830. The van der Waals surface area contributed by atoms with Gasteiger partial charge in [0.2, 0.25) is 5.91 Å². The van der Waals surface area contributed by atoms with E-state index >= 15 is 0 Å². The molecule has 0 saturated heterocycles. The first kappa shape index (κ1) is 11.7. The molecule has 0 unspecified atom stereocenters. The molecule has 0 aromatic heterocycles. The van der Waals surface area contributed by atoms with Crippen LogP contribution in [0.15, 0.2) is 23.1 Å². The van der Waals surface area contributed by atoms with Gasteiger partial charge in [-0.15, -0.1) is 11.8 Å². The van der Waals surface area contributed by atoms with Crippen molar-refractivity contribution >= 4 is 40.9 Å². The Morgan fingerprint density at radius 2 is 1.93 bits per heavy atom. The lowest BCUT2D eigenvalue weighted by molar-refractivity contribution is -0.117.